The molecule has 0 atom stereocenters. The van der Waals surface area contributed by atoms with Gasteiger partial charge in [-0.3, -0.25) is 19.7 Å². The zero-order valence-corrected chi connectivity index (χ0v) is 24.3. The fourth-order valence-corrected chi connectivity index (χ4v) is 5.75. The van der Waals surface area contributed by atoms with E-state index in [2.05, 4.69) is 37.1 Å². The number of rotatable bonds is 7. The molecule has 0 radical (unpaired) electrons. The number of pyridine rings is 3. The number of hydrazine groups is 1. The minimum Gasteiger partial charge on any atom is -0.370 e. The van der Waals surface area contributed by atoms with Crippen LogP contribution >= 0.6 is 0 Å². The fraction of sp³-hybridized carbons (Fsp3) is 0.433. The molecule has 43 heavy (non-hydrogen) atoms. The van der Waals surface area contributed by atoms with Crippen LogP contribution in [0.15, 0.2) is 49.1 Å². The molecular weight excluding hydrogens is 559 g/mol. The van der Waals surface area contributed by atoms with E-state index in [0.717, 1.165) is 57.0 Å². The molecule has 2 aliphatic heterocycles. The van der Waals surface area contributed by atoms with Crippen LogP contribution in [0.1, 0.15) is 53.0 Å². The number of amides is 1. The summed E-state index contributed by atoms with van der Waals surface area (Å²) in [6.07, 6.45) is 6.00. The Labute approximate surface area is 248 Å². The molecule has 0 bridgehead atoms. The number of carbonyl (C=O) groups excluding carboxylic acids is 1. The predicted octanol–water partition coefficient (Wildman–Crippen LogP) is 4.51. The van der Waals surface area contributed by atoms with Crippen molar-refractivity contribution in [2.75, 3.05) is 55.0 Å². The van der Waals surface area contributed by atoms with Gasteiger partial charge in [0, 0.05) is 31.0 Å². The first-order valence-corrected chi connectivity index (χ1v) is 14.2. The van der Waals surface area contributed by atoms with Gasteiger partial charge in [0.25, 0.3) is 5.91 Å². The molecule has 0 aromatic carbocycles. The van der Waals surface area contributed by atoms with Crippen molar-refractivity contribution in [1.29, 1.82) is 5.41 Å². The van der Waals surface area contributed by atoms with E-state index in [1.165, 1.54) is 24.0 Å². The van der Waals surface area contributed by atoms with Crippen molar-refractivity contribution in [3.05, 3.63) is 71.6 Å². The SMILES string of the molecule is Cc1ncc(NC(=O)c2cc(C(F)(F)F)ccn2)cc1N(N)CC(=N)c1cncc(N2CCC3(CCN(C)CC3)CC2)c1. The second-order valence-corrected chi connectivity index (χ2v) is 11.5. The van der Waals surface area contributed by atoms with E-state index in [1.807, 2.05) is 12.3 Å². The van der Waals surface area contributed by atoms with Gasteiger partial charge < -0.3 is 25.5 Å². The molecule has 4 N–H and O–H groups in total. The maximum absolute atomic E-state index is 13.1. The molecule has 5 heterocycles. The zero-order valence-electron chi connectivity index (χ0n) is 24.3. The van der Waals surface area contributed by atoms with Crippen LogP contribution in [0.2, 0.25) is 0 Å². The van der Waals surface area contributed by atoms with Crippen molar-refractivity contribution >= 4 is 28.7 Å². The highest BCUT2D eigenvalue weighted by Gasteiger charge is 2.37. The Morgan fingerprint density at radius 1 is 1.07 bits per heavy atom. The summed E-state index contributed by atoms with van der Waals surface area (Å²) in [5.74, 6) is 5.53. The van der Waals surface area contributed by atoms with Crippen molar-refractivity contribution in [2.24, 2.45) is 11.3 Å². The maximum atomic E-state index is 13.1. The van der Waals surface area contributed by atoms with Gasteiger partial charge >= 0.3 is 6.18 Å². The third kappa shape index (κ3) is 7.11. The number of aromatic nitrogens is 3. The average Bonchev–Trinajstić information content (AvgIpc) is 2.99. The number of carbonyl (C=O) groups is 1. The molecule has 3 aromatic heterocycles. The van der Waals surface area contributed by atoms with Crippen LogP contribution in [-0.2, 0) is 6.18 Å². The smallest absolute Gasteiger partial charge is 0.370 e. The van der Waals surface area contributed by atoms with E-state index in [1.54, 1.807) is 19.2 Å². The van der Waals surface area contributed by atoms with Crippen LogP contribution in [-0.4, -0.2) is 71.2 Å². The number of alkyl halides is 3. The average molecular weight is 596 g/mol. The molecule has 13 heteroatoms. The van der Waals surface area contributed by atoms with Gasteiger partial charge in [-0.05, 0) is 82.4 Å². The Balaban J connectivity index is 1.22. The van der Waals surface area contributed by atoms with Gasteiger partial charge in [-0.2, -0.15) is 13.2 Å². The Bertz CT molecular complexity index is 1480. The highest BCUT2D eigenvalue weighted by molar-refractivity contribution is 6.03. The van der Waals surface area contributed by atoms with Crippen LogP contribution < -0.4 is 21.1 Å². The third-order valence-corrected chi connectivity index (χ3v) is 8.59. The number of nitrogens with two attached hydrogens (primary N) is 1. The second-order valence-electron chi connectivity index (χ2n) is 11.5. The van der Waals surface area contributed by atoms with Crippen LogP contribution in [0.3, 0.4) is 0 Å². The van der Waals surface area contributed by atoms with Crippen molar-refractivity contribution < 1.29 is 18.0 Å². The Morgan fingerprint density at radius 3 is 2.47 bits per heavy atom. The molecular formula is C30H36F3N9O. The first-order valence-electron chi connectivity index (χ1n) is 14.2. The summed E-state index contributed by atoms with van der Waals surface area (Å²) in [4.78, 5) is 29.8. The van der Waals surface area contributed by atoms with Gasteiger partial charge in [0.1, 0.15) is 5.69 Å². The van der Waals surface area contributed by atoms with Gasteiger partial charge in [0.15, 0.2) is 0 Å². The maximum Gasteiger partial charge on any atom is 0.416 e. The molecule has 3 aromatic rings. The van der Waals surface area contributed by atoms with Crippen LogP contribution in [0, 0.1) is 17.7 Å². The number of piperidine rings is 2. The Hall–Kier alpha value is -4.10. The van der Waals surface area contributed by atoms with E-state index in [9.17, 15) is 18.0 Å². The number of hydrogen-bond donors (Lipinski definition) is 3. The number of anilines is 3. The van der Waals surface area contributed by atoms with E-state index < -0.39 is 17.6 Å². The molecule has 0 aliphatic carbocycles. The highest BCUT2D eigenvalue weighted by atomic mass is 19.4. The van der Waals surface area contributed by atoms with E-state index in [-0.39, 0.29) is 23.6 Å². The van der Waals surface area contributed by atoms with Crippen molar-refractivity contribution in [2.45, 2.75) is 38.8 Å². The summed E-state index contributed by atoms with van der Waals surface area (Å²) in [7, 11) is 2.19. The largest absolute Gasteiger partial charge is 0.416 e. The summed E-state index contributed by atoms with van der Waals surface area (Å²) in [6.45, 7) is 6.00. The van der Waals surface area contributed by atoms with Crippen LogP contribution in [0.4, 0.5) is 30.2 Å². The number of nitrogens with one attached hydrogen (secondary N) is 2. The molecule has 0 saturated carbocycles. The predicted molar refractivity (Wildman–Crippen MR) is 159 cm³/mol. The van der Waals surface area contributed by atoms with E-state index in [4.69, 9.17) is 11.3 Å². The summed E-state index contributed by atoms with van der Waals surface area (Å²) in [6, 6.07) is 5.02. The molecule has 10 nitrogen and oxygen atoms in total. The van der Waals surface area contributed by atoms with Crippen LogP contribution in [0.5, 0.6) is 0 Å². The number of nitrogens with zero attached hydrogens (tertiary/aromatic N) is 6. The standard InChI is InChI=1S/C30H36F3N9O/c1-20-27(15-23(17-38-20)39-28(43)26-14-22(3-8-37-26)30(31,32)33)42(35)19-25(34)21-13-24(18-36-16-21)41-11-6-29(7-12-41)4-9-40(2)10-5-29/h3,8,13-18,34H,4-7,9-12,19,35H2,1-2H3,(H,39,43). The number of likely N-dealkylation sites (tertiary alicyclic amines) is 1. The number of aryl methyl sites for hydroxylation is 1. The zero-order chi connectivity index (χ0) is 30.8. The van der Waals surface area contributed by atoms with Crippen LogP contribution in [0.25, 0.3) is 0 Å². The third-order valence-electron chi connectivity index (χ3n) is 8.59. The minimum absolute atomic E-state index is 0.0386. The summed E-state index contributed by atoms with van der Waals surface area (Å²) < 4.78 is 39.2. The summed E-state index contributed by atoms with van der Waals surface area (Å²) >= 11 is 0. The molecule has 1 amide bonds. The number of hydrogen-bond acceptors (Lipinski definition) is 9. The van der Waals surface area contributed by atoms with Gasteiger partial charge in [-0.1, -0.05) is 0 Å². The molecule has 0 unspecified atom stereocenters. The monoisotopic (exact) mass is 595 g/mol. The fourth-order valence-electron chi connectivity index (χ4n) is 5.75. The van der Waals surface area contributed by atoms with Gasteiger partial charge in [0.05, 0.1) is 53.0 Å². The first-order chi connectivity index (χ1) is 20.4. The molecule has 5 rings (SSSR count). The van der Waals surface area contributed by atoms with Crippen molar-refractivity contribution in [3.63, 3.8) is 0 Å². The van der Waals surface area contributed by atoms with Gasteiger partial charge in [0.2, 0.25) is 0 Å². The van der Waals surface area contributed by atoms with Gasteiger partial charge in [-0.25, -0.2) is 5.84 Å². The molecule has 1 spiro atoms. The molecule has 2 saturated heterocycles. The molecule has 2 fully saturated rings. The van der Waals surface area contributed by atoms with Gasteiger partial charge in [-0.15, -0.1) is 0 Å². The Morgan fingerprint density at radius 2 is 1.77 bits per heavy atom. The highest BCUT2D eigenvalue weighted by Crippen LogP contribution is 2.41. The topological polar surface area (TPSA) is 127 Å². The lowest BCUT2D eigenvalue weighted by atomic mass is 9.71. The van der Waals surface area contributed by atoms with E-state index in [0.29, 0.717) is 28.4 Å². The lowest BCUT2D eigenvalue weighted by molar-refractivity contribution is -0.137. The lowest BCUT2D eigenvalue weighted by Gasteiger charge is -2.46. The summed E-state index contributed by atoms with van der Waals surface area (Å²) in [5, 5.41) is 12.6. The minimum atomic E-state index is -4.60. The summed E-state index contributed by atoms with van der Waals surface area (Å²) in [5.41, 5.74) is 2.19. The quantitative estimate of drug-likeness (QED) is 0.207. The van der Waals surface area contributed by atoms with Crippen molar-refractivity contribution in [3.8, 4) is 0 Å². The number of halogens is 3. The van der Waals surface area contributed by atoms with Crippen molar-refractivity contribution in [1.82, 2.24) is 19.9 Å². The first kappa shape index (κ1) is 30.4. The van der Waals surface area contributed by atoms with E-state index >= 15 is 0 Å². The molecule has 2 aliphatic rings. The lowest BCUT2D eigenvalue weighted by Crippen LogP contribution is -2.46. The second kappa shape index (κ2) is 12.3. The molecule has 228 valence electrons. The Kier molecular flexibility index (Phi) is 8.65. The normalized spacial score (nSPS) is 17.1.